The Hall–Kier alpha value is -0.763. The fraction of sp³-hybridized carbons (Fsp3) is 0.455. The Morgan fingerprint density at radius 1 is 1.15 bits per heavy atom. The van der Waals surface area contributed by atoms with Gasteiger partial charge in [-0.05, 0) is 49.7 Å². The summed E-state index contributed by atoms with van der Waals surface area (Å²) in [6.45, 7) is 6.68. The van der Waals surface area contributed by atoms with Gasteiger partial charge in [-0.1, -0.05) is 12.1 Å². The van der Waals surface area contributed by atoms with E-state index in [1.807, 2.05) is 0 Å². The molecule has 1 aliphatic carbocycles. The van der Waals surface area contributed by atoms with E-state index in [0.29, 0.717) is 0 Å². The molecule has 70 valence electrons. The van der Waals surface area contributed by atoms with Crippen LogP contribution < -0.4 is 4.43 Å². The summed E-state index contributed by atoms with van der Waals surface area (Å²) in [7, 11) is -1.42. The molecule has 0 fully saturated rings. The third kappa shape index (κ3) is 1.78. The molecule has 1 aromatic rings. The molecule has 0 aromatic heterocycles. The van der Waals surface area contributed by atoms with Gasteiger partial charge in [0.25, 0.3) is 0 Å². The summed E-state index contributed by atoms with van der Waals surface area (Å²) in [5, 5.41) is 0. The molecule has 0 bridgehead atoms. The van der Waals surface area contributed by atoms with E-state index in [2.05, 4.69) is 37.8 Å². The van der Waals surface area contributed by atoms with Gasteiger partial charge in [0.15, 0.2) is 0 Å². The van der Waals surface area contributed by atoms with Gasteiger partial charge in [-0.15, -0.1) is 0 Å². The van der Waals surface area contributed by atoms with E-state index in [1.165, 1.54) is 24.0 Å². The smallest absolute Gasteiger partial charge is 0.242 e. The first-order valence-corrected chi connectivity index (χ1v) is 8.27. The zero-order valence-corrected chi connectivity index (χ0v) is 9.55. The zero-order valence-electron chi connectivity index (χ0n) is 8.55. The van der Waals surface area contributed by atoms with Gasteiger partial charge in [0.05, 0.1) is 0 Å². The minimum atomic E-state index is -1.42. The van der Waals surface area contributed by atoms with Crippen molar-refractivity contribution in [3.63, 3.8) is 0 Å². The molecule has 0 radical (unpaired) electrons. The van der Waals surface area contributed by atoms with Crippen LogP contribution in [0.5, 0.6) is 5.75 Å². The summed E-state index contributed by atoms with van der Waals surface area (Å²) >= 11 is 0. The number of benzene rings is 1. The second kappa shape index (κ2) is 2.88. The van der Waals surface area contributed by atoms with E-state index in [-0.39, 0.29) is 0 Å². The summed E-state index contributed by atoms with van der Waals surface area (Å²) < 4.78 is 6.00. The topological polar surface area (TPSA) is 9.23 Å². The molecular weight excluding hydrogens is 176 g/mol. The van der Waals surface area contributed by atoms with Crippen molar-refractivity contribution in [1.82, 2.24) is 0 Å². The first-order valence-electron chi connectivity index (χ1n) is 4.86. The lowest BCUT2D eigenvalue weighted by molar-refractivity contribution is 0.540. The van der Waals surface area contributed by atoms with Gasteiger partial charge in [-0.3, -0.25) is 0 Å². The number of rotatable bonds is 2. The number of fused-ring (bicyclic) bond motifs is 1. The highest BCUT2D eigenvalue weighted by molar-refractivity contribution is 6.70. The van der Waals surface area contributed by atoms with E-state index in [1.54, 1.807) is 0 Å². The van der Waals surface area contributed by atoms with Gasteiger partial charge in [0.2, 0.25) is 8.32 Å². The van der Waals surface area contributed by atoms with Crippen LogP contribution in [0.15, 0.2) is 18.2 Å². The Morgan fingerprint density at radius 3 is 2.46 bits per heavy atom. The van der Waals surface area contributed by atoms with E-state index in [9.17, 15) is 0 Å². The SMILES string of the molecule is C[Si](C)(C)Oc1cccc2c1CC2. The predicted octanol–water partition coefficient (Wildman–Crippen LogP) is 3.00. The van der Waals surface area contributed by atoms with Crippen LogP contribution in [-0.4, -0.2) is 8.32 Å². The molecule has 0 saturated carbocycles. The summed E-state index contributed by atoms with van der Waals surface area (Å²) in [5.74, 6) is 1.14. The summed E-state index contributed by atoms with van der Waals surface area (Å²) in [5.41, 5.74) is 2.93. The Morgan fingerprint density at radius 2 is 1.92 bits per heavy atom. The summed E-state index contributed by atoms with van der Waals surface area (Å²) in [6, 6.07) is 6.42. The average Bonchev–Trinajstić information content (AvgIpc) is 1.89. The van der Waals surface area contributed by atoms with Crippen LogP contribution in [-0.2, 0) is 12.8 Å². The van der Waals surface area contributed by atoms with Gasteiger partial charge >= 0.3 is 0 Å². The van der Waals surface area contributed by atoms with E-state index in [0.717, 1.165) is 5.75 Å². The van der Waals surface area contributed by atoms with Crippen LogP contribution in [0.4, 0.5) is 0 Å². The molecule has 2 heteroatoms. The lowest BCUT2D eigenvalue weighted by atomic mass is 9.88. The Balaban J connectivity index is 2.27. The molecule has 1 aromatic carbocycles. The fourth-order valence-corrected chi connectivity index (χ4v) is 2.49. The quantitative estimate of drug-likeness (QED) is 0.655. The molecule has 0 N–H and O–H groups in total. The van der Waals surface area contributed by atoms with Gasteiger partial charge in [-0.25, -0.2) is 0 Å². The summed E-state index contributed by atoms with van der Waals surface area (Å²) in [6.07, 6.45) is 2.44. The lowest BCUT2D eigenvalue weighted by Crippen LogP contribution is -2.30. The first-order chi connectivity index (χ1) is 6.06. The van der Waals surface area contributed by atoms with Crippen LogP contribution >= 0.6 is 0 Å². The second-order valence-corrected chi connectivity index (χ2v) is 9.04. The van der Waals surface area contributed by atoms with Gasteiger partial charge < -0.3 is 4.43 Å². The lowest BCUT2D eigenvalue weighted by Gasteiger charge is -2.27. The molecule has 0 heterocycles. The molecule has 13 heavy (non-hydrogen) atoms. The first kappa shape index (κ1) is 8.82. The van der Waals surface area contributed by atoms with Crippen LogP contribution in [0, 0.1) is 0 Å². The third-order valence-corrected chi connectivity index (χ3v) is 3.12. The van der Waals surface area contributed by atoms with Crippen molar-refractivity contribution in [2.45, 2.75) is 32.5 Å². The van der Waals surface area contributed by atoms with Crippen molar-refractivity contribution in [3.8, 4) is 5.75 Å². The monoisotopic (exact) mass is 192 g/mol. The fourth-order valence-electron chi connectivity index (χ4n) is 1.64. The van der Waals surface area contributed by atoms with E-state index < -0.39 is 8.32 Å². The highest BCUT2D eigenvalue weighted by Gasteiger charge is 2.22. The van der Waals surface area contributed by atoms with Crippen LogP contribution in [0.2, 0.25) is 19.6 Å². The molecule has 0 atom stereocenters. The summed E-state index contributed by atoms with van der Waals surface area (Å²) in [4.78, 5) is 0. The van der Waals surface area contributed by atoms with E-state index >= 15 is 0 Å². The zero-order chi connectivity index (χ0) is 9.47. The van der Waals surface area contributed by atoms with Crippen molar-refractivity contribution in [2.24, 2.45) is 0 Å². The number of aryl methyl sites for hydroxylation is 1. The molecule has 0 spiro atoms. The predicted molar refractivity (Wildman–Crippen MR) is 57.8 cm³/mol. The minimum Gasteiger partial charge on any atom is -0.544 e. The molecule has 1 nitrogen and oxygen atoms in total. The maximum absolute atomic E-state index is 6.00. The largest absolute Gasteiger partial charge is 0.544 e. The highest BCUT2D eigenvalue weighted by Crippen LogP contribution is 2.32. The molecule has 2 rings (SSSR count). The number of hydrogen-bond donors (Lipinski definition) is 0. The van der Waals surface area contributed by atoms with Gasteiger partial charge in [0, 0.05) is 0 Å². The maximum Gasteiger partial charge on any atom is 0.242 e. The Bertz CT molecular complexity index is 325. The van der Waals surface area contributed by atoms with Crippen LogP contribution in [0.1, 0.15) is 11.1 Å². The van der Waals surface area contributed by atoms with Crippen molar-refractivity contribution in [1.29, 1.82) is 0 Å². The maximum atomic E-state index is 6.00. The van der Waals surface area contributed by atoms with E-state index in [4.69, 9.17) is 4.43 Å². The van der Waals surface area contributed by atoms with Crippen molar-refractivity contribution in [2.75, 3.05) is 0 Å². The molecule has 0 unspecified atom stereocenters. The number of hydrogen-bond acceptors (Lipinski definition) is 1. The van der Waals surface area contributed by atoms with Crippen LogP contribution in [0.25, 0.3) is 0 Å². The molecular formula is C11H16OSi. The Labute approximate surface area is 80.9 Å². The molecule has 0 aliphatic heterocycles. The van der Waals surface area contributed by atoms with Crippen molar-refractivity contribution in [3.05, 3.63) is 29.3 Å². The van der Waals surface area contributed by atoms with Crippen molar-refractivity contribution < 1.29 is 4.43 Å². The molecule has 0 saturated heterocycles. The normalized spacial score (nSPS) is 14.7. The minimum absolute atomic E-state index is 1.14. The second-order valence-electron chi connectivity index (χ2n) is 4.61. The van der Waals surface area contributed by atoms with Crippen molar-refractivity contribution >= 4 is 8.32 Å². The standard InChI is InChI=1S/C11H16OSi/c1-13(2,3)12-11-6-4-5-9-7-8-10(9)11/h4-6H,7-8H2,1-3H3. The highest BCUT2D eigenvalue weighted by atomic mass is 28.4. The molecule has 1 aliphatic rings. The third-order valence-electron chi connectivity index (χ3n) is 2.29. The average molecular weight is 192 g/mol. The van der Waals surface area contributed by atoms with Gasteiger partial charge in [0.1, 0.15) is 5.75 Å². The van der Waals surface area contributed by atoms with Gasteiger partial charge in [-0.2, -0.15) is 0 Å². The molecule has 0 amide bonds. The Kier molecular flexibility index (Phi) is 1.95. The van der Waals surface area contributed by atoms with Crippen LogP contribution in [0.3, 0.4) is 0 Å².